The molecule has 2 rings (SSSR count). The van der Waals surface area contributed by atoms with Crippen LogP contribution in [0.1, 0.15) is 57.8 Å². The lowest BCUT2D eigenvalue weighted by molar-refractivity contribution is -0.143. The maximum atomic E-state index is 12.0. The van der Waals surface area contributed by atoms with Crippen LogP contribution < -0.4 is 5.32 Å². The first-order valence-electron chi connectivity index (χ1n) is 8.42. The summed E-state index contributed by atoms with van der Waals surface area (Å²) in [4.78, 5) is 24.6. The molecular formula is C16H28N2O3. The fourth-order valence-corrected chi connectivity index (χ4v) is 3.49. The molecule has 21 heavy (non-hydrogen) atoms. The van der Waals surface area contributed by atoms with Gasteiger partial charge in [-0.15, -0.1) is 0 Å². The van der Waals surface area contributed by atoms with Gasteiger partial charge in [-0.25, -0.2) is 4.79 Å². The zero-order valence-electron chi connectivity index (χ0n) is 12.9. The Bertz CT molecular complexity index is 345. The van der Waals surface area contributed by atoms with Gasteiger partial charge in [0, 0.05) is 19.6 Å². The van der Waals surface area contributed by atoms with E-state index >= 15 is 0 Å². The van der Waals surface area contributed by atoms with Crippen molar-refractivity contribution in [2.45, 2.75) is 57.8 Å². The van der Waals surface area contributed by atoms with E-state index in [1.54, 1.807) is 4.90 Å². The van der Waals surface area contributed by atoms with Crippen LogP contribution in [0.4, 0.5) is 4.79 Å². The molecule has 2 fully saturated rings. The van der Waals surface area contributed by atoms with Crippen molar-refractivity contribution in [3.05, 3.63) is 0 Å². The normalized spacial score (nSPS) is 20.7. The Balaban J connectivity index is 1.52. The van der Waals surface area contributed by atoms with E-state index in [2.05, 4.69) is 5.32 Å². The van der Waals surface area contributed by atoms with E-state index in [1.165, 1.54) is 38.5 Å². The minimum Gasteiger partial charge on any atom is -0.481 e. The summed E-state index contributed by atoms with van der Waals surface area (Å²) in [7, 11) is 0. The summed E-state index contributed by atoms with van der Waals surface area (Å²) in [6, 6.07) is -0.0281. The number of hydrogen-bond acceptors (Lipinski definition) is 2. The number of carbonyl (C=O) groups excluding carboxylic acids is 1. The van der Waals surface area contributed by atoms with E-state index in [9.17, 15) is 9.59 Å². The molecule has 0 aromatic carbocycles. The Hall–Kier alpha value is -1.26. The van der Waals surface area contributed by atoms with Gasteiger partial charge in [0.15, 0.2) is 0 Å². The lowest BCUT2D eigenvalue weighted by Gasteiger charge is -2.30. The number of piperidine rings is 1. The molecule has 1 heterocycles. The molecule has 0 aromatic rings. The van der Waals surface area contributed by atoms with Crippen LogP contribution in [-0.2, 0) is 4.79 Å². The van der Waals surface area contributed by atoms with E-state index in [0.29, 0.717) is 25.9 Å². The van der Waals surface area contributed by atoms with Gasteiger partial charge in [0.25, 0.3) is 0 Å². The van der Waals surface area contributed by atoms with Crippen LogP contribution in [-0.4, -0.2) is 41.6 Å². The summed E-state index contributed by atoms with van der Waals surface area (Å²) in [5.74, 6) is -0.0850. The number of hydrogen-bond donors (Lipinski definition) is 2. The predicted molar refractivity (Wildman–Crippen MR) is 81.1 cm³/mol. The van der Waals surface area contributed by atoms with Gasteiger partial charge in [0.1, 0.15) is 0 Å². The van der Waals surface area contributed by atoms with Gasteiger partial charge in [-0.3, -0.25) is 4.79 Å². The summed E-state index contributed by atoms with van der Waals surface area (Å²) >= 11 is 0. The number of nitrogens with one attached hydrogen (secondary N) is 1. The highest BCUT2D eigenvalue weighted by atomic mass is 16.4. The molecule has 0 atom stereocenters. The average Bonchev–Trinajstić information content (AvgIpc) is 3.00. The van der Waals surface area contributed by atoms with Crippen LogP contribution in [0.5, 0.6) is 0 Å². The highest BCUT2D eigenvalue weighted by molar-refractivity contribution is 5.75. The van der Waals surface area contributed by atoms with E-state index in [-0.39, 0.29) is 11.9 Å². The lowest BCUT2D eigenvalue weighted by Crippen LogP contribution is -2.45. The van der Waals surface area contributed by atoms with Crippen LogP contribution in [0.3, 0.4) is 0 Å². The van der Waals surface area contributed by atoms with Crippen molar-refractivity contribution < 1.29 is 14.7 Å². The number of rotatable bonds is 6. The summed E-state index contributed by atoms with van der Waals surface area (Å²) in [6.07, 6.45) is 10.3. The molecule has 120 valence electrons. The average molecular weight is 296 g/mol. The first kappa shape index (κ1) is 16.1. The highest BCUT2D eigenvalue weighted by Gasteiger charge is 2.26. The second-order valence-electron chi connectivity index (χ2n) is 6.48. The first-order chi connectivity index (χ1) is 10.2. The fraction of sp³-hybridized carbons (Fsp3) is 0.875. The van der Waals surface area contributed by atoms with Crippen LogP contribution in [0.2, 0.25) is 0 Å². The van der Waals surface area contributed by atoms with Crippen LogP contribution in [0.15, 0.2) is 0 Å². The summed E-state index contributed by atoms with van der Waals surface area (Å²) in [5.41, 5.74) is 0. The van der Waals surface area contributed by atoms with E-state index in [4.69, 9.17) is 5.11 Å². The zero-order valence-corrected chi connectivity index (χ0v) is 12.9. The lowest BCUT2D eigenvalue weighted by atomic mass is 9.97. The van der Waals surface area contributed by atoms with E-state index in [1.807, 2.05) is 0 Å². The van der Waals surface area contributed by atoms with Gasteiger partial charge in [-0.05, 0) is 25.2 Å². The molecule has 2 N–H and O–H groups in total. The number of carboxylic acids is 1. The monoisotopic (exact) mass is 296 g/mol. The molecule has 1 saturated heterocycles. The summed E-state index contributed by atoms with van der Waals surface area (Å²) in [5, 5.41) is 11.9. The number of urea groups is 1. The van der Waals surface area contributed by atoms with Crippen LogP contribution in [0.25, 0.3) is 0 Å². The largest absolute Gasteiger partial charge is 0.481 e. The molecule has 1 aliphatic heterocycles. The van der Waals surface area contributed by atoms with Crippen molar-refractivity contribution in [1.29, 1.82) is 0 Å². The Morgan fingerprint density at radius 1 is 1.05 bits per heavy atom. The number of aliphatic carboxylic acids is 1. The predicted octanol–water partition coefficient (Wildman–Crippen LogP) is 2.85. The second-order valence-corrected chi connectivity index (χ2v) is 6.48. The molecule has 0 aromatic heterocycles. The Morgan fingerprint density at radius 3 is 2.33 bits per heavy atom. The van der Waals surface area contributed by atoms with Crippen molar-refractivity contribution in [2.24, 2.45) is 11.8 Å². The van der Waals surface area contributed by atoms with E-state index < -0.39 is 5.97 Å². The smallest absolute Gasteiger partial charge is 0.317 e. The Morgan fingerprint density at radius 2 is 1.71 bits per heavy atom. The number of amides is 2. The summed E-state index contributed by atoms with van der Waals surface area (Å²) in [6.45, 7) is 1.86. The maximum Gasteiger partial charge on any atom is 0.317 e. The minimum atomic E-state index is -0.734. The van der Waals surface area contributed by atoms with Crippen molar-refractivity contribution in [2.75, 3.05) is 19.6 Å². The summed E-state index contributed by atoms with van der Waals surface area (Å²) < 4.78 is 0. The van der Waals surface area contributed by atoms with Gasteiger partial charge in [-0.2, -0.15) is 0 Å². The van der Waals surface area contributed by atoms with E-state index in [0.717, 1.165) is 18.9 Å². The van der Waals surface area contributed by atoms with Gasteiger partial charge >= 0.3 is 12.0 Å². The molecule has 0 spiro atoms. The topological polar surface area (TPSA) is 69.6 Å². The van der Waals surface area contributed by atoms with Crippen LogP contribution >= 0.6 is 0 Å². The zero-order chi connectivity index (χ0) is 15.1. The molecule has 1 aliphatic carbocycles. The Kier molecular flexibility index (Phi) is 6.33. The standard InChI is InChI=1S/C16H28N2O3/c19-15(20)14-8-11-18(12-9-14)16(21)17-10-4-3-7-13-5-1-2-6-13/h13-14H,1-12H2,(H,17,21)(H,19,20). The third-order valence-corrected chi connectivity index (χ3v) is 4.92. The van der Waals surface area contributed by atoms with Gasteiger partial charge in [-0.1, -0.05) is 38.5 Å². The minimum absolute atomic E-state index is 0.0281. The van der Waals surface area contributed by atoms with Crippen molar-refractivity contribution in [3.63, 3.8) is 0 Å². The fourth-order valence-electron chi connectivity index (χ4n) is 3.49. The number of likely N-dealkylation sites (tertiary alicyclic amines) is 1. The van der Waals surface area contributed by atoms with Gasteiger partial charge in [0.2, 0.25) is 0 Å². The second kappa shape index (κ2) is 8.25. The molecule has 5 nitrogen and oxygen atoms in total. The molecule has 2 amide bonds. The van der Waals surface area contributed by atoms with Gasteiger partial charge < -0.3 is 15.3 Å². The third-order valence-electron chi connectivity index (χ3n) is 4.92. The number of unbranched alkanes of at least 4 members (excludes halogenated alkanes) is 1. The van der Waals surface area contributed by atoms with Gasteiger partial charge in [0.05, 0.1) is 5.92 Å². The SMILES string of the molecule is O=C(O)C1CCN(C(=O)NCCCCC2CCCC2)CC1. The quantitative estimate of drug-likeness (QED) is 0.740. The molecule has 1 saturated carbocycles. The maximum absolute atomic E-state index is 12.0. The molecular weight excluding hydrogens is 268 g/mol. The highest BCUT2D eigenvalue weighted by Crippen LogP contribution is 2.28. The molecule has 0 bridgehead atoms. The van der Waals surface area contributed by atoms with Crippen molar-refractivity contribution >= 4 is 12.0 Å². The molecule has 0 unspecified atom stereocenters. The molecule has 2 aliphatic rings. The first-order valence-corrected chi connectivity index (χ1v) is 8.42. The molecule has 0 radical (unpaired) electrons. The number of nitrogens with zero attached hydrogens (tertiary/aromatic N) is 1. The third kappa shape index (κ3) is 5.21. The van der Waals surface area contributed by atoms with Crippen molar-refractivity contribution in [1.82, 2.24) is 10.2 Å². The Labute approximate surface area is 127 Å². The van der Waals surface area contributed by atoms with Crippen molar-refractivity contribution in [3.8, 4) is 0 Å². The molecule has 5 heteroatoms. The number of carboxylic acid groups (broad SMARTS) is 1. The number of carbonyl (C=O) groups is 2. The van der Waals surface area contributed by atoms with Crippen LogP contribution in [0, 0.1) is 11.8 Å².